The molecule has 0 bridgehead atoms. The van der Waals surface area contributed by atoms with Crippen molar-refractivity contribution < 1.29 is 67.8 Å². The molecule has 1 aromatic rings. The molecule has 1 aliphatic carbocycles. The van der Waals surface area contributed by atoms with Crippen molar-refractivity contribution in [3.8, 4) is 0 Å². The van der Waals surface area contributed by atoms with Gasteiger partial charge in [-0.05, 0) is 0 Å². The fourth-order valence-electron chi connectivity index (χ4n) is 1.58. The van der Waals surface area contributed by atoms with Crippen LogP contribution in [0.4, 0.5) is 0 Å². The largest absolute Gasteiger partial charge is 1.00 e. The van der Waals surface area contributed by atoms with Crippen LogP contribution in [0, 0.1) is 5.92 Å². The van der Waals surface area contributed by atoms with E-state index in [0.29, 0.717) is 11.5 Å². The Morgan fingerprint density at radius 1 is 1.21 bits per heavy atom. The Bertz CT molecular complexity index is 385. The first-order valence-electron chi connectivity index (χ1n) is 4.19. The molecule has 0 saturated carbocycles. The maximum atomic E-state index is 11.4. The van der Waals surface area contributed by atoms with E-state index in [4.69, 9.17) is 0 Å². The second-order valence-corrected chi connectivity index (χ2v) is 3.19. The number of Topliss-reactive ketones (excluding diaryl/α,β-unsaturated/α-hetero) is 2. The molecular weight excluding hydrogens is 250 g/mol. The Kier molecular flexibility index (Phi) is 4.25. The Morgan fingerprint density at radius 3 is 2.57 bits per heavy atom. The van der Waals surface area contributed by atoms with E-state index in [0.717, 1.165) is 5.56 Å². The van der Waals surface area contributed by atoms with Crippen molar-refractivity contribution >= 4 is 11.6 Å². The van der Waals surface area contributed by atoms with Gasteiger partial charge in [-0.25, -0.2) is 0 Å². The van der Waals surface area contributed by atoms with Crippen molar-refractivity contribution in [3.63, 3.8) is 0 Å². The molecule has 0 heterocycles. The molecule has 0 aromatic heterocycles. The summed E-state index contributed by atoms with van der Waals surface area (Å²) < 4.78 is 0. The van der Waals surface area contributed by atoms with E-state index in [1.165, 1.54) is 0 Å². The molecule has 1 aromatic carbocycles. The zero-order valence-electron chi connectivity index (χ0n) is 8.33. The van der Waals surface area contributed by atoms with Crippen molar-refractivity contribution in [2.75, 3.05) is 0 Å². The molecule has 0 amide bonds. The summed E-state index contributed by atoms with van der Waals surface area (Å²) in [4.78, 5) is 22.7. The van der Waals surface area contributed by atoms with E-state index < -0.39 is 0 Å². The summed E-state index contributed by atoms with van der Waals surface area (Å²) in [5, 5.41) is 0. The van der Waals surface area contributed by atoms with Crippen molar-refractivity contribution in [2.45, 2.75) is 13.3 Å². The molecule has 0 spiro atoms. The summed E-state index contributed by atoms with van der Waals surface area (Å²) in [5.74, 6) is 0.588. The number of hydrogen-bond acceptors (Lipinski definition) is 2. The maximum Gasteiger partial charge on any atom is 1.00 e. The summed E-state index contributed by atoms with van der Waals surface area (Å²) in [5.41, 5.74) is 1.48. The fraction of sp³-hybridized carbons (Fsp3) is 0.182. The van der Waals surface area contributed by atoms with Crippen LogP contribution >= 0.6 is 0 Å². The van der Waals surface area contributed by atoms with Gasteiger partial charge in [0.2, 0.25) is 0 Å². The zero-order valence-corrected chi connectivity index (χ0v) is 13.2. The Hall–Kier alpha value is 0.235. The normalized spacial score (nSPS) is 14.8. The molecule has 2 nitrogen and oxygen atoms in total. The summed E-state index contributed by atoms with van der Waals surface area (Å²) >= 11 is 0. The Balaban J connectivity index is 0.000000980. The Morgan fingerprint density at radius 2 is 1.86 bits per heavy atom. The van der Waals surface area contributed by atoms with Crippen molar-refractivity contribution in [3.05, 3.63) is 41.3 Å². The number of carbonyl (C=O) groups excluding carboxylic acids is 2. The third-order valence-electron chi connectivity index (χ3n) is 2.37. The van der Waals surface area contributed by atoms with Crippen molar-refractivity contribution in [1.82, 2.24) is 0 Å². The quantitative estimate of drug-likeness (QED) is 0.432. The van der Waals surface area contributed by atoms with Crippen LogP contribution in [0.2, 0.25) is 0 Å². The van der Waals surface area contributed by atoms with E-state index in [2.05, 4.69) is 0 Å². The molecule has 0 aliphatic heterocycles. The van der Waals surface area contributed by atoms with Gasteiger partial charge in [-0.1, -0.05) is 18.6 Å². The summed E-state index contributed by atoms with van der Waals surface area (Å²) in [6.45, 7) is 1.77. The molecule has 2 rings (SSSR count). The van der Waals surface area contributed by atoms with Crippen LogP contribution in [0.3, 0.4) is 0 Å². The van der Waals surface area contributed by atoms with Gasteiger partial charge in [0.25, 0.3) is 0 Å². The van der Waals surface area contributed by atoms with E-state index in [1.54, 1.807) is 13.0 Å². The smallest absolute Gasteiger partial charge is 0.309 e. The predicted molar refractivity (Wildman–Crippen MR) is 48.4 cm³/mol. The predicted octanol–water partition coefficient (Wildman–Crippen LogP) is -1.21. The number of benzene rings is 1. The van der Waals surface area contributed by atoms with Gasteiger partial charge in [-0.15, -0.1) is 18.1 Å². The minimum absolute atomic E-state index is 0. The number of rotatable bonds is 0. The summed E-state index contributed by atoms with van der Waals surface area (Å²) in [7, 11) is 0. The molecule has 3 heteroatoms. The minimum atomic E-state index is -0.0637. The average Bonchev–Trinajstić information content (AvgIpc) is 2.15. The van der Waals surface area contributed by atoms with Gasteiger partial charge in [-0.3, -0.25) is 0 Å². The van der Waals surface area contributed by atoms with Gasteiger partial charge in [0.05, 0.1) is 6.42 Å². The van der Waals surface area contributed by atoms with Gasteiger partial charge in [-0.2, -0.15) is 11.6 Å². The van der Waals surface area contributed by atoms with Crippen LogP contribution < -0.4 is 58.2 Å². The third kappa shape index (κ3) is 2.08. The molecule has 0 N–H and O–H groups in total. The van der Waals surface area contributed by atoms with Crippen LogP contribution in [0.15, 0.2) is 24.3 Å². The number of ketones is 2. The van der Waals surface area contributed by atoms with Crippen LogP contribution in [0.25, 0.3) is 0 Å². The molecular formula is C11H9O2Rb. The fourth-order valence-corrected chi connectivity index (χ4v) is 1.58. The molecule has 0 unspecified atom stereocenters. The third-order valence-corrected chi connectivity index (χ3v) is 2.37. The van der Waals surface area contributed by atoms with E-state index in [9.17, 15) is 9.59 Å². The number of carbonyl (C=O) groups is 2. The molecule has 0 saturated heterocycles. The first-order valence-corrected chi connectivity index (χ1v) is 4.19. The second-order valence-electron chi connectivity index (χ2n) is 3.19. The van der Waals surface area contributed by atoms with E-state index in [-0.39, 0.29) is 76.2 Å². The van der Waals surface area contributed by atoms with Crippen LogP contribution in [0.1, 0.15) is 29.3 Å². The van der Waals surface area contributed by atoms with Crippen LogP contribution in [-0.2, 0) is 4.79 Å². The topological polar surface area (TPSA) is 34.1 Å². The van der Waals surface area contributed by atoms with Gasteiger partial charge < -0.3 is 9.59 Å². The van der Waals surface area contributed by atoms with Gasteiger partial charge in [0, 0.05) is 0 Å². The first kappa shape index (κ1) is 12.3. The number of fused-ring (bicyclic) bond motifs is 1. The maximum absolute atomic E-state index is 11.4. The zero-order chi connectivity index (χ0) is 9.42. The minimum Gasteiger partial charge on any atom is -0.309 e. The van der Waals surface area contributed by atoms with Crippen LogP contribution in [-0.4, -0.2) is 11.6 Å². The molecule has 1 aliphatic rings. The average molecular weight is 259 g/mol. The number of hydrogen-bond donors (Lipinski definition) is 0. The first-order chi connectivity index (χ1) is 6.20. The van der Waals surface area contributed by atoms with Crippen molar-refractivity contribution in [1.29, 1.82) is 0 Å². The summed E-state index contributed by atoms with van der Waals surface area (Å²) in [6, 6.07) is 7.25. The second kappa shape index (κ2) is 4.84. The Labute approximate surface area is 132 Å². The monoisotopic (exact) mass is 258 g/mol. The van der Waals surface area contributed by atoms with Gasteiger partial charge in [0.1, 0.15) is 11.6 Å². The summed E-state index contributed by atoms with van der Waals surface area (Å²) in [6.07, 6.45) is 0.0306. The SMILES string of the molecule is C[C-]1C(=O)CC(=O)c2ccccc21.[Rb+]. The molecule has 0 atom stereocenters. The van der Waals surface area contributed by atoms with Crippen LogP contribution in [0.5, 0.6) is 0 Å². The standard InChI is InChI=1S/C11H9O2.Rb/c1-7-8-4-2-3-5-9(8)11(13)6-10(7)12;/h2-5H,6H2,1H3;/q-1;+1. The van der Waals surface area contributed by atoms with Gasteiger partial charge in [0.15, 0.2) is 0 Å². The molecule has 0 radical (unpaired) electrons. The van der Waals surface area contributed by atoms with Gasteiger partial charge >= 0.3 is 58.2 Å². The molecule has 14 heavy (non-hydrogen) atoms. The van der Waals surface area contributed by atoms with Crippen molar-refractivity contribution in [2.24, 2.45) is 0 Å². The molecule has 0 fully saturated rings. The molecule has 66 valence electrons. The van der Waals surface area contributed by atoms with E-state index >= 15 is 0 Å². The van der Waals surface area contributed by atoms with E-state index in [1.807, 2.05) is 18.2 Å².